The van der Waals surface area contributed by atoms with Gasteiger partial charge in [0.2, 0.25) is 0 Å². The third-order valence-electron chi connectivity index (χ3n) is 3.62. The molecule has 4 heteroatoms. The second-order valence-electron chi connectivity index (χ2n) is 5.83. The number of ether oxygens (including phenoxy) is 1. The van der Waals surface area contributed by atoms with Crippen LogP contribution in [0.15, 0.2) is 24.3 Å². The number of hydrogen-bond acceptors (Lipinski definition) is 3. The maximum absolute atomic E-state index is 10.8. The van der Waals surface area contributed by atoms with Gasteiger partial charge in [0.1, 0.15) is 5.75 Å². The molecule has 0 spiro atoms. The van der Waals surface area contributed by atoms with Gasteiger partial charge in [0.05, 0.1) is 13.0 Å². The van der Waals surface area contributed by atoms with Crippen LogP contribution in [0, 0.1) is 0 Å². The highest BCUT2D eigenvalue weighted by Gasteiger charge is 2.12. The van der Waals surface area contributed by atoms with E-state index in [1.807, 2.05) is 24.3 Å². The molecule has 1 aromatic rings. The molecule has 0 aliphatic rings. The molecule has 0 saturated heterocycles. The quantitative estimate of drug-likeness (QED) is 0.618. The maximum atomic E-state index is 10.8. The van der Waals surface area contributed by atoms with Gasteiger partial charge >= 0.3 is 5.97 Å². The predicted octanol–water partition coefficient (Wildman–Crippen LogP) is 4.34. The Morgan fingerprint density at radius 3 is 2.41 bits per heavy atom. The molecule has 0 atom stereocenters. The number of hydrogen-bond donors (Lipinski definition) is 1. The fourth-order valence-electron chi connectivity index (χ4n) is 2.35. The van der Waals surface area contributed by atoms with E-state index in [4.69, 9.17) is 9.84 Å². The molecule has 4 nitrogen and oxygen atoms in total. The minimum atomic E-state index is -0.766. The van der Waals surface area contributed by atoms with Crippen molar-refractivity contribution in [2.45, 2.75) is 58.9 Å². The van der Waals surface area contributed by atoms with Crippen molar-refractivity contribution in [3.63, 3.8) is 0 Å². The van der Waals surface area contributed by atoms with Gasteiger partial charge in [-0.1, -0.05) is 26.2 Å². The van der Waals surface area contributed by atoms with Gasteiger partial charge in [-0.3, -0.25) is 4.79 Å². The molecule has 0 bridgehead atoms. The minimum absolute atomic E-state index is 0.147. The third kappa shape index (κ3) is 6.83. The largest absolute Gasteiger partial charge is 0.494 e. The Morgan fingerprint density at radius 1 is 1.18 bits per heavy atom. The van der Waals surface area contributed by atoms with E-state index in [9.17, 15) is 4.79 Å². The lowest BCUT2D eigenvalue weighted by Gasteiger charge is -2.28. The van der Waals surface area contributed by atoms with Crippen LogP contribution in [0.5, 0.6) is 5.75 Å². The zero-order chi connectivity index (χ0) is 16.4. The van der Waals surface area contributed by atoms with Crippen LogP contribution >= 0.6 is 0 Å². The van der Waals surface area contributed by atoms with E-state index < -0.39 is 5.97 Å². The van der Waals surface area contributed by atoms with Crippen molar-refractivity contribution in [2.75, 3.05) is 18.1 Å². The first-order chi connectivity index (χ1) is 10.5. The molecule has 0 fully saturated rings. The molecule has 1 N–H and O–H groups in total. The summed E-state index contributed by atoms with van der Waals surface area (Å²) < 4.78 is 5.73. The maximum Gasteiger partial charge on any atom is 0.305 e. The molecule has 0 saturated carbocycles. The number of rotatable bonds is 11. The Kier molecular flexibility index (Phi) is 8.41. The minimum Gasteiger partial charge on any atom is -0.494 e. The summed E-state index contributed by atoms with van der Waals surface area (Å²) in [6.07, 6.45) is 4.94. The second kappa shape index (κ2) is 10.1. The van der Waals surface area contributed by atoms with Crippen LogP contribution in [0.4, 0.5) is 5.69 Å². The Hall–Kier alpha value is -1.71. The summed E-state index contributed by atoms with van der Waals surface area (Å²) in [5.41, 5.74) is 1.04. The van der Waals surface area contributed by atoms with Crippen LogP contribution in [-0.2, 0) is 4.79 Å². The van der Waals surface area contributed by atoms with E-state index in [1.165, 1.54) is 19.3 Å². The van der Waals surface area contributed by atoms with Gasteiger partial charge in [-0.15, -0.1) is 0 Å². The normalized spacial score (nSPS) is 10.7. The Balaban J connectivity index is 2.51. The predicted molar refractivity (Wildman–Crippen MR) is 90.8 cm³/mol. The molecule has 0 radical (unpaired) electrons. The fraction of sp³-hybridized carbons (Fsp3) is 0.611. The summed E-state index contributed by atoms with van der Waals surface area (Å²) in [7, 11) is 0. The smallest absolute Gasteiger partial charge is 0.305 e. The summed E-state index contributed by atoms with van der Waals surface area (Å²) in [6, 6.07) is 8.20. The molecule has 0 heterocycles. The SMILES string of the molecule is CCCCCCOc1ccc(N(CCC(=O)O)C(C)C)cc1. The number of nitrogens with zero attached hydrogens (tertiary/aromatic N) is 1. The molecular weight excluding hydrogens is 278 g/mol. The Morgan fingerprint density at radius 2 is 1.86 bits per heavy atom. The molecule has 0 unspecified atom stereocenters. The first-order valence-electron chi connectivity index (χ1n) is 8.26. The van der Waals surface area contributed by atoms with Crippen molar-refractivity contribution in [2.24, 2.45) is 0 Å². The molecule has 0 aromatic heterocycles. The highest BCUT2D eigenvalue weighted by atomic mass is 16.5. The number of aliphatic carboxylic acids is 1. The van der Waals surface area contributed by atoms with Gasteiger partial charge in [0, 0.05) is 18.3 Å². The van der Waals surface area contributed by atoms with Crippen LogP contribution in [0.3, 0.4) is 0 Å². The van der Waals surface area contributed by atoms with Crippen molar-refractivity contribution in [3.05, 3.63) is 24.3 Å². The number of carbonyl (C=O) groups is 1. The Bertz CT molecular complexity index is 428. The van der Waals surface area contributed by atoms with Crippen molar-refractivity contribution in [1.82, 2.24) is 0 Å². The number of benzene rings is 1. The van der Waals surface area contributed by atoms with E-state index in [0.717, 1.165) is 24.5 Å². The second-order valence-corrected chi connectivity index (χ2v) is 5.83. The molecule has 1 rings (SSSR count). The molecule has 0 amide bonds. The summed E-state index contributed by atoms with van der Waals surface area (Å²) >= 11 is 0. The number of anilines is 1. The van der Waals surface area contributed by atoms with Gasteiger partial charge in [-0.05, 0) is 44.5 Å². The zero-order valence-electron chi connectivity index (χ0n) is 14.0. The standard InChI is InChI=1S/C18H29NO3/c1-4-5-6-7-14-22-17-10-8-16(9-11-17)19(15(2)3)13-12-18(20)21/h8-11,15H,4-7,12-14H2,1-3H3,(H,20,21). The lowest BCUT2D eigenvalue weighted by molar-refractivity contribution is -0.136. The highest BCUT2D eigenvalue weighted by Crippen LogP contribution is 2.22. The monoisotopic (exact) mass is 307 g/mol. The topological polar surface area (TPSA) is 49.8 Å². The van der Waals surface area contributed by atoms with Crippen molar-refractivity contribution in [3.8, 4) is 5.75 Å². The third-order valence-corrected chi connectivity index (χ3v) is 3.62. The Labute approximate surface area is 134 Å². The van der Waals surface area contributed by atoms with E-state index in [0.29, 0.717) is 6.54 Å². The highest BCUT2D eigenvalue weighted by molar-refractivity contribution is 5.67. The first-order valence-corrected chi connectivity index (χ1v) is 8.26. The van der Waals surface area contributed by atoms with Crippen LogP contribution < -0.4 is 9.64 Å². The van der Waals surface area contributed by atoms with Crippen LogP contribution in [-0.4, -0.2) is 30.3 Å². The van der Waals surface area contributed by atoms with Crippen molar-refractivity contribution in [1.29, 1.82) is 0 Å². The fourth-order valence-corrected chi connectivity index (χ4v) is 2.35. The summed E-state index contributed by atoms with van der Waals surface area (Å²) in [6.45, 7) is 7.61. The summed E-state index contributed by atoms with van der Waals surface area (Å²) in [5.74, 6) is 0.111. The molecule has 0 aliphatic heterocycles. The number of unbranched alkanes of at least 4 members (excludes halogenated alkanes) is 3. The lowest BCUT2D eigenvalue weighted by atomic mass is 10.2. The average molecular weight is 307 g/mol. The van der Waals surface area contributed by atoms with Gasteiger partial charge in [0.25, 0.3) is 0 Å². The molecule has 1 aromatic carbocycles. The summed E-state index contributed by atoms with van der Waals surface area (Å²) in [5, 5.41) is 8.85. The molecule has 124 valence electrons. The van der Waals surface area contributed by atoms with E-state index >= 15 is 0 Å². The number of carboxylic acid groups (broad SMARTS) is 1. The zero-order valence-corrected chi connectivity index (χ0v) is 14.0. The van der Waals surface area contributed by atoms with Gasteiger partial charge in [-0.25, -0.2) is 0 Å². The van der Waals surface area contributed by atoms with E-state index in [1.54, 1.807) is 0 Å². The van der Waals surface area contributed by atoms with Crippen LogP contribution in [0.2, 0.25) is 0 Å². The van der Waals surface area contributed by atoms with Crippen molar-refractivity contribution >= 4 is 11.7 Å². The van der Waals surface area contributed by atoms with Crippen LogP contribution in [0.1, 0.15) is 52.9 Å². The average Bonchev–Trinajstić information content (AvgIpc) is 2.48. The number of carboxylic acids is 1. The first kappa shape index (κ1) is 18.3. The van der Waals surface area contributed by atoms with Crippen molar-refractivity contribution < 1.29 is 14.6 Å². The van der Waals surface area contributed by atoms with E-state index in [2.05, 4.69) is 25.7 Å². The van der Waals surface area contributed by atoms with E-state index in [-0.39, 0.29) is 12.5 Å². The summed E-state index contributed by atoms with van der Waals surface area (Å²) in [4.78, 5) is 12.9. The molecule has 22 heavy (non-hydrogen) atoms. The lowest BCUT2D eigenvalue weighted by Crippen LogP contribution is -2.32. The van der Waals surface area contributed by atoms with Gasteiger partial charge < -0.3 is 14.7 Å². The molecule has 0 aliphatic carbocycles. The van der Waals surface area contributed by atoms with Crippen LogP contribution in [0.25, 0.3) is 0 Å². The molecular formula is C18H29NO3. The van der Waals surface area contributed by atoms with Gasteiger partial charge in [0.15, 0.2) is 0 Å². The van der Waals surface area contributed by atoms with Gasteiger partial charge in [-0.2, -0.15) is 0 Å².